The lowest BCUT2D eigenvalue weighted by molar-refractivity contribution is -0.110. The number of anilines is 1. The van der Waals surface area contributed by atoms with E-state index in [0.717, 1.165) is 6.20 Å². The first-order valence-electron chi connectivity index (χ1n) is 10.5. The highest BCUT2D eigenvalue weighted by Gasteiger charge is 2.23. The number of carbonyl (C=O) groups is 1. The van der Waals surface area contributed by atoms with Gasteiger partial charge in [-0.1, -0.05) is 28.6 Å². The van der Waals surface area contributed by atoms with Gasteiger partial charge in [0.2, 0.25) is 10.0 Å². The lowest BCUT2D eigenvalue weighted by atomic mass is 10.1. The number of rotatable bonds is 9. The first-order valence-corrected chi connectivity index (χ1v) is 12.8. The van der Waals surface area contributed by atoms with E-state index in [9.17, 15) is 17.6 Å². The second-order valence-corrected chi connectivity index (χ2v) is 10.0. The van der Waals surface area contributed by atoms with Crippen molar-refractivity contribution in [2.45, 2.75) is 30.4 Å². The van der Waals surface area contributed by atoms with Gasteiger partial charge in [-0.05, 0) is 31.0 Å². The van der Waals surface area contributed by atoms with E-state index < -0.39 is 21.1 Å². The van der Waals surface area contributed by atoms with Crippen LogP contribution in [-0.2, 0) is 31.0 Å². The third-order valence-corrected chi connectivity index (χ3v) is 7.10. The molecule has 0 spiro atoms. The summed E-state index contributed by atoms with van der Waals surface area (Å²) in [5, 5.41) is 5.83. The number of amides is 1. The summed E-state index contributed by atoms with van der Waals surface area (Å²) in [6.45, 7) is 0.890. The number of hydrogen-bond donors (Lipinski definition) is 2. The molecule has 14 heteroatoms. The first-order chi connectivity index (χ1) is 16.9. The van der Waals surface area contributed by atoms with E-state index in [4.69, 9.17) is 9.57 Å². The summed E-state index contributed by atoms with van der Waals surface area (Å²) >= 11 is 0.650. The Morgan fingerprint density at radius 3 is 2.54 bits per heavy atom. The van der Waals surface area contributed by atoms with Crippen LogP contribution in [0.1, 0.15) is 24.2 Å². The lowest BCUT2D eigenvalue weighted by Gasteiger charge is -2.23. The van der Waals surface area contributed by atoms with Gasteiger partial charge in [0.1, 0.15) is 0 Å². The molecule has 2 aromatic heterocycles. The molecule has 11 nitrogen and oxygen atoms in total. The Morgan fingerprint density at radius 1 is 1.17 bits per heavy atom. The molecular weight excluding hydrogens is 499 g/mol. The predicted octanol–water partition coefficient (Wildman–Crippen LogP) is 2.09. The highest BCUT2D eigenvalue weighted by atomic mass is 32.2. The van der Waals surface area contributed by atoms with Crippen LogP contribution in [0.4, 0.5) is 9.52 Å². The number of ether oxygens (including phenoxy) is 1. The SMILES string of the molecule is O=C(Nc1ncc(F)s1)C(=NOCc1ncccn1)c1ccc(S(=O)(=O)NC2CCOCC2)cc1. The second-order valence-electron chi connectivity index (χ2n) is 7.33. The van der Waals surface area contributed by atoms with Gasteiger partial charge in [-0.3, -0.25) is 10.1 Å². The molecule has 0 atom stereocenters. The van der Waals surface area contributed by atoms with E-state index in [-0.39, 0.29) is 34.0 Å². The number of nitrogens with zero attached hydrogens (tertiary/aromatic N) is 4. The largest absolute Gasteiger partial charge is 0.387 e. The summed E-state index contributed by atoms with van der Waals surface area (Å²) in [4.78, 5) is 29.9. The number of thiazole rings is 1. The summed E-state index contributed by atoms with van der Waals surface area (Å²) in [6.07, 6.45) is 5.23. The zero-order valence-corrected chi connectivity index (χ0v) is 19.9. The highest BCUT2D eigenvalue weighted by molar-refractivity contribution is 7.89. The number of nitrogens with one attached hydrogen (secondary N) is 2. The molecule has 1 aromatic carbocycles. The zero-order valence-electron chi connectivity index (χ0n) is 18.3. The Labute approximate surface area is 204 Å². The molecule has 0 saturated carbocycles. The molecule has 35 heavy (non-hydrogen) atoms. The third-order valence-electron chi connectivity index (χ3n) is 4.86. The van der Waals surface area contributed by atoms with Crippen molar-refractivity contribution in [1.82, 2.24) is 19.7 Å². The molecule has 1 aliphatic rings. The number of oxime groups is 1. The van der Waals surface area contributed by atoms with Crippen molar-refractivity contribution in [2.24, 2.45) is 5.16 Å². The third kappa shape index (κ3) is 6.85. The molecule has 3 aromatic rings. The highest BCUT2D eigenvalue weighted by Crippen LogP contribution is 2.18. The fourth-order valence-corrected chi connectivity index (χ4v) is 4.99. The minimum absolute atomic E-state index is 0.0338. The lowest BCUT2D eigenvalue weighted by Crippen LogP contribution is -2.38. The van der Waals surface area contributed by atoms with E-state index >= 15 is 0 Å². The van der Waals surface area contributed by atoms with E-state index in [1.165, 1.54) is 36.7 Å². The molecule has 0 radical (unpaired) electrons. The molecule has 0 aliphatic carbocycles. The van der Waals surface area contributed by atoms with Crippen molar-refractivity contribution in [3.8, 4) is 0 Å². The monoisotopic (exact) mass is 520 g/mol. The number of halogens is 1. The molecule has 1 fully saturated rings. The topological polar surface area (TPSA) is 145 Å². The number of carbonyl (C=O) groups excluding carboxylic acids is 1. The molecule has 4 rings (SSSR count). The van der Waals surface area contributed by atoms with Crippen LogP contribution >= 0.6 is 11.3 Å². The Kier molecular flexibility index (Phi) is 8.07. The van der Waals surface area contributed by atoms with Gasteiger partial charge in [0.05, 0.1) is 11.1 Å². The molecule has 0 bridgehead atoms. The molecule has 3 heterocycles. The maximum Gasteiger partial charge on any atom is 0.280 e. The van der Waals surface area contributed by atoms with Crippen molar-refractivity contribution in [3.63, 3.8) is 0 Å². The van der Waals surface area contributed by atoms with Crippen molar-refractivity contribution in [3.05, 3.63) is 65.4 Å². The number of benzene rings is 1. The van der Waals surface area contributed by atoms with Gasteiger partial charge >= 0.3 is 0 Å². The van der Waals surface area contributed by atoms with Crippen LogP contribution in [0.15, 0.2) is 59.0 Å². The van der Waals surface area contributed by atoms with Crippen LogP contribution < -0.4 is 10.0 Å². The van der Waals surface area contributed by atoms with Crippen LogP contribution in [0, 0.1) is 5.13 Å². The van der Waals surface area contributed by atoms with Crippen LogP contribution in [0.5, 0.6) is 0 Å². The Balaban J connectivity index is 1.53. The summed E-state index contributed by atoms with van der Waals surface area (Å²) in [5.41, 5.74) is 0.108. The van der Waals surface area contributed by atoms with Gasteiger partial charge in [-0.25, -0.2) is 28.1 Å². The molecule has 1 aliphatic heterocycles. The summed E-state index contributed by atoms with van der Waals surface area (Å²) in [5.74, 6) is -0.372. The zero-order chi connectivity index (χ0) is 24.7. The first kappa shape index (κ1) is 24.8. The van der Waals surface area contributed by atoms with E-state index in [1.54, 1.807) is 6.07 Å². The Bertz CT molecular complexity index is 1280. The Morgan fingerprint density at radius 2 is 1.89 bits per heavy atom. The van der Waals surface area contributed by atoms with E-state index in [2.05, 4.69) is 30.1 Å². The molecular formula is C21H21FN6O5S2. The number of hydrogen-bond acceptors (Lipinski definition) is 10. The average molecular weight is 521 g/mol. The number of sulfonamides is 1. The van der Waals surface area contributed by atoms with E-state index in [1.807, 2.05) is 0 Å². The average Bonchev–Trinajstić information content (AvgIpc) is 3.27. The molecule has 1 amide bonds. The molecule has 2 N–H and O–H groups in total. The van der Waals surface area contributed by atoms with Crippen molar-refractivity contribution >= 4 is 38.1 Å². The minimum Gasteiger partial charge on any atom is -0.387 e. The van der Waals surface area contributed by atoms with Crippen molar-refractivity contribution in [2.75, 3.05) is 18.5 Å². The Hall–Kier alpha value is -3.33. The standard InChI is InChI=1S/C21H21FN6O5S2/c22-17-12-25-21(34-17)26-20(29)19(27-33-13-18-23-8-1-9-24-18)14-2-4-16(5-3-14)35(30,31)28-15-6-10-32-11-7-15/h1-5,8-9,12,15,28H,6-7,10-11,13H2,(H,25,26,29). The quantitative estimate of drug-likeness (QED) is 0.322. The van der Waals surface area contributed by atoms with Crippen LogP contribution in [0.2, 0.25) is 0 Å². The normalized spacial score (nSPS) is 15.1. The van der Waals surface area contributed by atoms with Crippen molar-refractivity contribution < 1.29 is 27.2 Å². The van der Waals surface area contributed by atoms with Gasteiger partial charge in [0, 0.05) is 37.2 Å². The van der Waals surface area contributed by atoms with Gasteiger partial charge in [-0.2, -0.15) is 4.39 Å². The van der Waals surface area contributed by atoms with Crippen LogP contribution in [0.3, 0.4) is 0 Å². The maximum atomic E-state index is 13.3. The second kappa shape index (κ2) is 11.4. The van der Waals surface area contributed by atoms with Gasteiger partial charge < -0.3 is 9.57 Å². The van der Waals surface area contributed by atoms with Gasteiger partial charge in [-0.15, -0.1) is 0 Å². The molecule has 1 saturated heterocycles. The molecule has 0 unspecified atom stereocenters. The van der Waals surface area contributed by atoms with Gasteiger partial charge in [0.15, 0.2) is 28.4 Å². The van der Waals surface area contributed by atoms with E-state index in [0.29, 0.717) is 43.2 Å². The van der Waals surface area contributed by atoms with Crippen LogP contribution in [0.25, 0.3) is 0 Å². The van der Waals surface area contributed by atoms with Gasteiger partial charge in [0.25, 0.3) is 5.91 Å². The minimum atomic E-state index is -3.77. The molecule has 184 valence electrons. The fraction of sp³-hybridized carbons (Fsp3) is 0.286. The predicted molar refractivity (Wildman–Crippen MR) is 125 cm³/mol. The maximum absolute atomic E-state index is 13.3. The number of aromatic nitrogens is 3. The summed E-state index contributed by atoms with van der Waals surface area (Å²) in [6, 6.07) is 7.03. The van der Waals surface area contributed by atoms with Crippen molar-refractivity contribution in [1.29, 1.82) is 0 Å². The smallest absolute Gasteiger partial charge is 0.280 e. The fourth-order valence-electron chi connectivity index (χ4n) is 3.15. The van der Waals surface area contributed by atoms with Crippen LogP contribution in [-0.4, -0.2) is 54.2 Å². The summed E-state index contributed by atoms with van der Waals surface area (Å²) in [7, 11) is -3.77. The summed E-state index contributed by atoms with van der Waals surface area (Å²) < 4.78 is 46.7.